The number of rotatable bonds is 9. The van der Waals surface area contributed by atoms with Gasteiger partial charge in [0, 0.05) is 22.6 Å². The summed E-state index contributed by atoms with van der Waals surface area (Å²) in [5, 5.41) is 3.45. The zero-order valence-corrected chi connectivity index (χ0v) is 21.0. The van der Waals surface area contributed by atoms with Gasteiger partial charge in [0.25, 0.3) is 5.91 Å². The highest BCUT2D eigenvalue weighted by molar-refractivity contribution is 9.10. The third-order valence-electron chi connectivity index (χ3n) is 4.92. The van der Waals surface area contributed by atoms with Gasteiger partial charge in [-0.1, -0.05) is 59.6 Å². The molecule has 2 aromatic rings. The lowest BCUT2D eigenvalue weighted by Crippen LogP contribution is -2.49. The lowest BCUT2D eigenvalue weighted by atomic mass is 10.1. The largest absolute Gasteiger partial charge is 0.484 e. The molecule has 0 aliphatic rings. The Morgan fingerprint density at radius 1 is 1.13 bits per heavy atom. The number of hydrogen-bond acceptors (Lipinski definition) is 3. The number of ether oxygens (including phenoxy) is 1. The minimum Gasteiger partial charge on any atom is -0.484 e. The Morgan fingerprint density at radius 2 is 1.74 bits per heavy atom. The fourth-order valence-electron chi connectivity index (χ4n) is 3.06. The Kier molecular flexibility index (Phi) is 9.38. The van der Waals surface area contributed by atoms with Gasteiger partial charge in [0.1, 0.15) is 11.8 Å². The van der Waals surface area contributed by atoms with Crippen LogP contribution in [0.4, 0.5) is 0 Å². The number of halogens is 2. The fraction of sp³-hybridized carbons (Fsp3) is 0.417. The number of carbonyl (C=O) groups excluding carboxylic acids is 2. The third kappa shape index (κ3) is 7.25. The van der Waals surface area contributed by atoms with Gasteiger partial charge in [0.15, 0.2) is 6.61 Å². The van der Waals surface area contributed by atoms with Gasteiger partial charge in [-0.3, -0.25) is 9.59 Å². The summed E-state index contributed by atoms with van der Waals surface area (Å²) in [6.07, 6.45) is 0. The Balaban J connectivity index is 2.19. The summed E-state index contributed by atoms with van der Waals surface area (Å²) < 4.78 is 6.80. The van der Waals surface area contributed by atoms with E-state index in [0.29, 0.717) is 23.2 Å². The number of benzene rings is 2. The number of amides is 2. The molecule has 2 amide bonds. The first-order valence-corrected chi connectivity index (χ1v) is 11.5. The van der Waals surface area contributed by atoms with Crippen LogP contribution in [-0.4, -0.2) is 35.9 Å². The zero-order chi connectivity index (χ0) is 23.1. The molecule has 168 valence electrons. The lowest BCUT2D eigenvalue weighted by Gasteiger charge is -2.29. The smallest absolute Gasteiger partial charge is 0.261 e. The van der Waals surface area contributed by atoms with E-state index in [1.165, 1.54) is 4.90 Å². The molecule has 1 atom stereocenters. The van der Waals surface area contributed by atoms with Gasteiger partial charge in [-0.05, 0) is 61.6 Å². The Morgan fingerprint density at radius 3 is 2.32 bits per heavy atom. The maximum Gasteiger partial charge on any atom is 0.261 e. The SMILES string of the molecule is Cc1cc(OCC(=O)N(Cc2ccccc2Cl)C(C)C(=O)NCC(C)C)cc(C)c1Br. The molecule has 0 spiro atoms. The second-order valence-electron chi connectivity index (χ2n) is 8.09. The molecule has 2 rings (SSSR count). The van der Waals surface area contributed by atoms with Crippen LogP contribution in [0.25, 0.3) is 0 Å². The van der Waals surface area contributed by atoms with Crippen LogP contribution in [0.15, 0.2) is 40.9 Å². The number of nitrogens with one attached hydrogen (secondary N) is 1. The average Bonchev–Trinajstić information content (AvgIpc) is 2.72. The number of hydrogen-bond donors (Lipinski definition) is 1. The molecular weight excluding hydrogens is 480 g/mol. The van der Waals surface area contributed by atoms with Crippen molar-refractivity contribution in [2.45, 2.75) is 47.2 Å². The molecule has 0 aliphatic heterocycles. The van der Waals surface area contributed by atoms with Gasteiger partial charge in [0.05, 0.1) is 0 Å². The van der Waals surface area contributed by atoms with E-state index in [0.717, 1.165) is 21.2 Å². The summed E-state index contributed by atoms with van der Waals surface area (Å²) in [7, 11) is 0. The van der Waals surface area contributed by atoms with Crippen LogP contribution in [0.1, 0.15) is 37.5 Å². The number of nitrogens with zero attached hydrogens (tertiary/aromatic N) is 1. The molecule has 5 nitrogen and oxygen atoms in total. The number of carbonyl (C=O) groups is 2. The van der Waals surface area contributed by atoms with Crippen molar-refractivity contribution in [3.63, 3.8) is 0 Å². The van der Waals surface area contributed by atoms with E-state index in [4.69, 9.17) is 16.3 Å². The molecule has 0 radical (unpaired) electrons. The summed E-state index contributed by atoms with van der Waals surface area (Å²) >= 11 is 9.84. The molecule has 0 heterocycles. The van der Waals surface area contributed by atoms with Crippen molar-refractivity contribution in [3.8, 4) is 5.75 Å². The van der Waals surface area contributed by atoms with Crippen LogP contribution in [0, 0.1) is 19.8 Å². The van der Waals surface area contributed by atoms with E-state index in [1.54, 1.807) is 13.0 Å². The Bertz CT molecular complexity index is 910. The van der Waals surface area contributed by atoms with Gasteiger partial charge in [-0.15, -0.1) is 0 Å². The Hall–Kier alpha value is -2.05. The summed E-state index contributed by atoms with van der Waals surface area (Å²) in [4.78, 5) is 27.3. The Labute approximate surface area is 198 Å². The molecule has 1 N–H and O–H groups in total. The standard InChI is InChI=1S/C24H30BrClN2O3/c1-15(2)12-27-24(30)18(5)28(13-19-8-6-7-9-21(19)26)22(29)14-31-20-10-16(3)23(25)17(4)11-20/h6-11,15,18H,12-14H2,1-5H3,(H,27,30). The van der Waals surface area contributed by atoms with Crippen molar-refractivity contribution in [1.29, 1.82) is 0 Å². The molecule has 0 saturated carbocycles. The van der Waals surface area contributed by atoms with E-state index >= 15 is 0 Å². The minimum atomic E-state index is -0.667. The van der Waals surface area contributed by atoms with Crippen molar-refractivity contribution in [2.75, 3.05) is 13.2 Å². The van der Waals surface area contributed by atoms with Crippen molar-refractivity contribution >= 4 is 39.3 Å². The highest BCUT2D eigenvalue weighted by atomic mass is 79.9. The molecule has 0 bridgehead atoms. The van der Waals surface area contributed by atoms with Crippen LogP contribution in [0.5, 0.6) is 5.75 Å². The van der Waals surface area contributed by atoms with E-state index < -0.39 is 6.04 Å². The third-order valence-corrected chi connectivity index (χ3v) is 6.54. The minimum absolute atomic E-state index is 0.174. The van der Waals surface area contributed by atoms with Crippen LogP contribution in [0.2, 0.25) is 5.02 Å². The van der Waals surface area contributed by atoms with E-state index in [9.17, 15) is 9.59 Å². The molecule has 0 saturated heterocycles. The first kappa shape index (κ1) is 25.2. The molecule has 31 heavy (non-hydrogen) atoms. The monoisotopic (exact) mass is 508 g/mol. The number of aryl methyl sites for hydroxylation is 2. The predicted octanol–water partition coefficient (Wildman–Crippen LogP) is 5.29. The quantitative estimate of drug-likeness (QED) is 0.500. The zero-order valence-electron chi connectivity index (χ0n) is 18.7. The van der Waals surface area contributed by atoms with E-state index in [2.05, 4.69) is 21.2 Å². The van der Waals surface area contributed by atoms with Crippen LogP contribution in [-0.2, 0) is 16.1 Å². The normalized spacial score (nSPS) is 11.9. The average molecular weight is 510 g/mol. The maximum absolute atomic E-state index is 13.1. The van der Waals surface area contributed by atoms with Gasteiger partial charge in [-0.2, -0.15) is 0 Å². The summed E-state index contributed by atoms with van der Waals surface area (Å²) in [5.74, 6) is 0.437. The van der Waals surface area contributed by atoms with E-state index in [-0.39, 0.29) is 25.0 Å². The molecular formula is C24H30BrClN2O3. The van der Waals surface area contributed by atoms with Gasteiger partial charge in [-0.25, -0.2) is 0 Å². The molecule has 0 fully saturated rings. The van der Waals surface area contributed by atoms with Crippen molar-refractivity contribution in [3.05, 3.63) is 62.6 Å². The fourth-order valence-corrected chi connectivity index (χ4v) is 3.49. The lowest BCUT2D eigenvalue weighted by molar-refractivity contribution is -0.142. The first-order chi connectivity index (χ1) is 14.6. The predicted molar refractivity (Wildman–Crippen MR) is 128 cm³/mol. The molecule has 1 unspecified atom stereocenters. The van der Waals surface area contributed by atoms with Crippen molar-refractivity contribution < 1.29 is 14.3 Å². The molecule has 0 aliphatic carbocycles. The van der Waals surface area contributed by atoms with Gasteiger partial charge < -0.3 is 15.0 Å². The van der Waals surface area contributed by atoms with Crippen LogP contribution < -0.4 is 10.1 Å². The van der Waals surface area contributed by atoms with Gasteiger partial charge >= 0.3 is 0 Å². The topological polar surface area (TPSA) is 58.6 Å². The van der Waals surface area contributed by atoms with Gasteiger partial charge in [0.2, 0.25) is 5.91 Å². The second-order valence-corrected chi connectivity index (χ2v) is 9.29. The highest BCUT2D eigenvalue weighted by Gasteiger charge is 2.27. The van der Waals surface area contributed by atoms with E-state index in [1.807, 2.05) is 58.0 Å². The molecule has 0 aromatic heterocycles. The first-order valence-electron chi connectivity index (χ1n) is 10.3. The summed E-state index contributed by atoms with van der Waals surface area (Å²) in [5.41, 5.74) is 2.82. The maximum atomic E-state index is 13.1. The van der Waals surface area contributed by atoms with Crippen molar-refractivity contribution in [2.24, 2.45) is 5.92 Å². The van der Waals surface area contributed by atoms with Crippen LogP contribution in [0.3, 0.4) is 0 Å². The van der Waals surface area contributed by atoms with Crippen LogP contribution >= 0.6 is 27.5 Å². The highest BCUT2D eigenvalue weighted by Crippen LogP contribution is 2.26. The summed E-state index contributed by atoms with van der Waals surface area (Å²) in [6, 6.07) is 10.4. The van der Waals surface area contributed by atoms with Crippen molar-refractivity contribution in [1.82, 2.24) is 10.2 Å². The second kappa shape index (κ2) is 11.5. The molecule has 7 heteroatoms. The summed E-state index contributed by atoms with van der Waals surface area (Å²) in [6.45, 7) is 10.3. The molecule has 2 aromatic carbocycles.